The van der Waals surface area contributed by atoms with Crippen molar-refractivity contribution < 1.29 is 9.32 Å². The van der Waals surface area contributed by atoms with Crippen LogP contribution in [0.5, 0.6) is 0 Å². The van der Waals surface area contributed by atoms with Crippen LogP contribution in [0.15, 0.2) is 4.52 Å². The van der Waals surface area contributed by atoms with Crippen LogP contribution in [-0.2, 0) is 0 Å². The summed E-state index contributed by atoms with van der Waals surface area (Å²) >= 11 is 0. The summed E-state index contributed by atoms with van der Waals surface area (Å²) in [6.07, 6.45) is 2.04. The summed E-state index contributed by atoms with van der Waals surface area (Å²) in [7, 11) is 0. The zero-order valence-electron chi connectivity index (χ0n) is 3.79. The molecule has 1 heterocycles. The van der Waals surface area contributed by atoms with E-state index in [1.807, 2.05) is 6.33 Å². The predicted octanol–water partition coefficient (Wildman–Crippen LogP) is -1.03. The standard InChI is InChI=1S/C3H2N3O2/c4-2(7)3-5-1-6-8-3/h(H2,4,7). The highest BCUT2D eigenvalue weighted by Crippen LogP contribution is 1.84. The molecule has 8 heavy (non-hydrogen) atoms. The van der Waals surface area contributed by atoms with E-state index in [4.69, 9.17) is 5.73 Å². The molecule has 0 saturated heterocycles. The van der Waals surface area contributed by atoms with Crippen molar-refractivity contribution >= 4 is 5.91 Å². The lowest BCUT2D eigenvalue weighted by Gasteiger charge is -1.75. The number of rotatable bonds is 1. The van der Waals surface area contributed by atoms with Gasteiger partial charge >= 0.3 is 11.8 Å². The maximum atomic E-state index is 10.1. The summed E-state index contributed by atoms with van der Waals surface area (Å²) < 4.78 is 4.20. The molecule has 0 aliphatic carbocycles. The van der Waals surface area contributed by atoms with Crippen molar-refractivity contribution in [2.45, 2.75) is 0 Å². The summed E-state index contributed by atoms with van der Waals surface area (Å²) in [5.41, 5.74) is 4.70. The number of primary amides is 1. The fourth-order valence-corrected chi connectivity index (χ4v) is 0.250. The number of nitrogens with two attached hydrogens (primary N) is 1. The van der Waals surface area contributed by atoms with Gasteiger partial charge in [-0.2, -0.15) is 4.98 Å². The van der Waals surface area contributed by atoms with Crippen molar-refractivity contribution in [2.24, 2.45) is 5.73 Å². The fraction of sp³-hybridized carbons (Fsp3) is 0. The Bertz CT molecular complexity index is 180. The number of nitrogens with zero attached hydrogens (tertiary/aromatic N) is 2. The maximum Gasteiger partial charge on any atom is 0.316 e. The number of amides is 1. The van der Waals surface area contributed by atoms with Crippen LogP contribution in [0.1, 0.15) is 10.7 Å². The normalized spacial score (nSPS) is 9.00. The quantitative estimate of drug-likeness (QED) is 0.503. The van der Waals surface area contributed by atoms with E-state index in [-0.39, 0.29) is 5.89 Å². The third-order valence-electron chi connectivity index (χ3n) is 0.535. The maximum absolute atomic E-state index is 10.1. The fourth-order valence-electron chi connectivity index (χ4n) is 0.250. The Labute approximate surface area is 44.5 Å². The van der Waals surface area contributed by atoms with Crippen molar-refractivity contribution in [1.29, 1.82) is 0 Å². The minimum atomic E-state index is -0.737. The molecule has 0 fully saturated rings. The van der Waals surface area contributed by atoms with Gasteiger partial charge in [0.15, 0.2) is 0 Å². The summed E-state index contributed by atoms with van der Waals surface area (Å²) in [4.78, 5) is 13.3. The Morgan fingerprint density at radius 2 is 2.62 bits per heavy atom. The first-order valence-electron chi connectivity index (χ1n) is 1.80. The van der Waals surface area contributed by atoms with Gasteiger partial charge in [0.05, 0.1) is 0 Å². The number of hydrogen-bond donors (Lipinski definition) is 1. The lowest BCUT2D eigenvalue weighted by molar-refractivity contribution is 0.0958. The van der Waals surface area contributed by atoms with E-state index in [1.54, 1.807) is 0 Å². The van der Waals surface area contributed by atoms with Crippen LogP contribution < -0.4 is 5.73 Å². The zero-order valence-corrected chi connectivity index (χ0v) is 3.79. The molecule has 0 aliphatic heterocycles. The van der Waals surface area contributed by atoms with E-state index in [2.05, 4.69) is 14.7 Å². The first-order valence-corrected chi connectivity index (χ1v) is 1.80. The van der Waals surface area contributed by atoms with E-state index >= 15 is 0 Å². The van der Waals surface area contributed by atoms with Crippen molar-refractivity contribution in [3.63, 3.8) is 0 Å². The van der Waals surface area contributed by atoms with Gasteiger partial charge in [0.1, 0.15) is 0 Å². The van der Waals surface area contributed by atoms with E-state index in [0.29, 0.717) is 0 Å². The second-order valence-corrected chi connectivity index (χ2v) is 1.06. The Balaban J connectivity index is 2.93. The van der Waals surface area contributed by atoms with Crippen LogP contribution in [0.4, 0.5) is 0 Å². The zero-order chi connectivity index (χ0) is 5.98. The van der Waals surface area contributed by atoms with Crippen LogP contribution in [0.2, 0.25) is 0 Å². The lowest BCUT2D eigenvalue weighted by atomic mass is 10.6. The molecule has 0 atom stereocenters. The highest BCUT2D eigenvalue weighted by atomic mass is 16.5. The smallest absolute Gasteiger partial charge is 0.316 e. The molecule has 0 spiro atoms. The van der Waals surface area contributed by atoms with Gasteiger partial charge in [0.25, 0.3) is 0 Å². The van der Waals surface area contributed by atoms with Gasteiger partial charge in [-0.25, -0.2) is 0 Å². The summed E-state index contributed by atoms with van der Waals surface area (Å²) in [6, 6.07) is 0. The largest absolute Gasteiger partial charge is 0.361 e. The molecule has 1 aromatic heterocycles. The molecule has 1 radical (unpaired) electrons. The average Bonchev–Trinajstić information content (AvgIpc) is 2.12. The molecule has 0 bridgehead atoms. The molecule has 41 valence electrons. The van der Waals surface area contributed by atoms with E-state index in [0.717, 1.165) is 0 Å². The second-order valence-electron chi connectivity index (χ2n) is 1.06. The van der Waals surface area contributed by atoms with Crippen molar-refractivity contribution in [1.82, 2.24) is 10.1 Å². The lowest BCUT2D eigenvalue weighted by Crippen LogP contribution is -2.10. The number of carbonyl (C=O) groups is 1. The first-order chi connectivity index (χ1) is 3.80. The minimum absolute atomic E-state index is 0.218. The molecule has 0 aromatic carbocycles. The Morgan fingerprint density at radius 1 is 1.88 bits per heavy atom. The molecule has 1 aromatic rings. The molecule has 1 rings (SSSR count). The van der Waals surface area contributed by atoms with Crippen LogP contribution >= 0.6 is 0 Å². The van der Waals surface area contributed by atoms with Gasteiger partial charge in [0, 0.05) is 0 Å². The summed E-state index contributed by atoms with van der Waals surface area (Å²) in [5, 5.41) is 3.03. The van der Waals surface area contributed by atoms with Crippen molar-refractivity contribution in [2.75, 3.05) is 0 Å². The molecule has 0 saturated carbocycles. The minimum Gasteiger partial charge on any atom is -0.361 e. The number of hydrogen-bond acceptors (Lipinski definition) is 4. The monoisotopic (exact) mass is 112 g/mol. The molecule has 0 unspecified atom stereocenters. The summed E-state index contributed by atoms with van der Waals surface area (Å²) in [5.74, 6) is -0.955. The second kappa shape index (κ2) is 1.61. The molecule has 1 amide bonds. The SMILES string of the molecule is NC(=O)c1n[c]no1. The van der Waals surface area contributed by atoms with Crippen molar-refractivity contribution in [3.05, 3.63) is 12.2 Å². The van der Waals surface area contributed by atoms with Gasteiger partial charge in [-0.05, 0) is 0 Å². The Kier molecular flexibility index (Phi) is 0.957. The molecular formula is C3H2N3O2. The third-order valence-corrected chi connectivity index (χ3v) is 0.535. The molecular weight excluding hydrogens is 110 g/mol. The average molecular weight is 112 g/mol. The predicted molar refractivity (Wildman–Crippen MR) is 21.7 cm³/mol. The van der Waals surface area contributed by atoms with Crippen LogP contribution in [0, 0.1) is 6.33 Å². The first kappa shape index (κ1) is 4.76. The molecule has 5 heteroatoms. The molecule has 5 nitrogen and oxygen atoms in total. The van der Waals surface area contributed by atoms with Crippen LogP contribution in [0.3, 0.4) is 0 Å². The van der Waals surface area contributed by atoms with E-state index in [9.17, 15) is 4.79 Å². The van der Waals surface area contributed by atoms with E-state index in [1.165, 1.54) is 0 Å². The van der Waals surface area contributed by atoms with Gasteiger partial charge in [-0.3, -0.25) is 4.79 Å². The molecule has 0 aliphatic rings. The van der Waals surface area contributed by atoms with Gasteiger partial charge < -0.3 is 10.3 Å². The van der Waals surface area contributed by atoms with Gasteiger partial charge in [-0.1, -0.05) is 5.16 Å². The van der Waals surface area contributed by atoms with Crippen LogP contribution in [0.25, 0.3) is 0 Å². The van der Waals surface area contributed by atoms with Crippen molar-refractivity contribution in [3.8, 4) is 0 Å². The highest BCUT2D eigenvalue weighted by molar-refractivity contribution is 5.87. The van der Waals surface area contributed by atoms with Crippen LogP contribution in [-0.4, -0.2) is 16.0 Å². The Hall–Kier alpha value is -1.39. The number of carbonyl (C=O) groups excluding carboxylic acids is 1. The Morgan fingerprint density at radius 3 is 2.88 bits per heavy atom. The third kappa shape index (κ3) is 0.651. The summed E-state index contributed by atoms with van der Waals surface area (Å²) in [6.45, 7) is 0. The topological polar surface area (TPSA) is 82.0 Å². The molecule has 2 N–H and O–H groups in total. The number of aromatic nitrogens is 2. The van der Waals surface area contributed by atoms with E-state index < -0.39 is 5.91 Å². The highest BCUT2D eigenvalue weighted by Gasteiger charge is 2.03. The van der Waals surface area contributed by atoms with Gasteiger partial charge in [-0.15, -0.1) is 0 Å². The van der Waals surface area contributed by atoms with Gasteiger partial charge in [0.2, 0.25) is 6.33 Å².